The highest BCUT2D eigenvalue weighted by atomic mass is 127. The molecule has 4 heteroatoms. The van der Waals surface area contributed by atoms with Crippen LogP contribution in [-0.2, 0) is 6.18 Å². The minimum Gasteiger partial charge on any atom is -0.166 e. The average molecular weight is 286 g/mol. The first kappa shape index (κ1) is 9.70. The Kier molecular flexibility index (Phi) is 2.87. The van der Waals surface area contributed by atoms with Crippen molar-refractivity contribution < 1.29 is 13.2 Å². The van der Waals surface area contributed by atoms with Gasteiger partial charge in [0.15, 0.2) is 0 Å². The van der Waals surface area contributed by atoms with Crippen LogP contribution in [-0.4, -0.2) is 4.51 Å². The molecule has 66 valence electrons. The van der Waals surface area contributed by atoms with E-state index in [1.54, 1.807) is 0 Å². The Bertz CT molecular complexity index is 273. The van der Waals surface area contributed by atoms with Crippen LogP contribution in [0.4, 0.5) is 13.2 Å². The molecule has 12 heavy (non-hydrogen) atoms. The van der Waals surface area contributed by atoms with Crippen molar-refractivity contribution in [2.75, 3.05) is 0 Å². The van der Waals surface area contributed by atoms with Gasteiger partial charge < -0.3 is 0 Å². The Morgan fingerprint density at radius 1 is 1.08 bits per heavy atom. The van der Waals surface area contributed by atoms with Crippen LogP contribution in [0.3, 0.4) is 0 Å². The molecule has 0 aromatic heterocycles. The van der Waals surface area contributed by atoms with Crippen molar-refractivity contribution in [2.24, 2.45) is 0 Å². The molecule has 0 fully saturated rings. The summed E-state index contributed by atoms with van der Waals surface area (Å²) in [4.78, 5) is 0. The summed E-state index contributed by atoms with van der Waals surface area (Å²) in [7, 11) is 0. The SMILES string of the molecule is C=Ic1ccc(C(F)(F)F)cc1. The highest BCUT2D eigenvalue weighted by Crippen LogP contribution is 2.29. The summed E-state index contributed by atoms with van der Waals surface area (Å²) in [6.07, 6.45) is -4.22. The number of benzene rings is 1. The zero-order valence-corrected chi connectivity index (χ0v) is 8.19. The maximum Gasteiger partial charge on any atom is 0.416 e. The van der Waals surface area contributed by atoms with E-state index < -0.39 is 11.7 Å². The molecule has 0 unspecified atom stereocenters. The zero-order valence-electron chi connectivity index (χ0n) is 6.03. The van der Waals surface area contributed by atoms with E-state index in [0.717, 1.165) is 15.7 Å². The van der Waals surface area contributed by atoms with Gasteiger partial charge in [0.1, 0.15) is 0 Å². The smallest absolute Gasteiger partial charge is 0.166 e. The van der Waals surface area contributed by atoms with Crippen LogP contribution >= 0.6 is 20.7 Å². The van der Waals surface area contributed by atoms with Crippen molar-refractivity contribution in [3.8, 4) is 0 Å². The van der Waals surface area contributed by atoms with Gasteiger partial charge in [-0.2, -0.15) is 13.2 Å². The molecule has 0 atom stereocenters. The molecule has 0 aliphatic heterocycles. The third-order valence-corrected chi connectivity index (χ3v) is 2.93. The summed E-state index contributed by atoms with van der Waals surface area (Å²) in [5, 5.41) is 0. The van der Waals surface area contributed by atoms with Crippen molar-refractivity contribution in [3.63, 3.8) is 0 Å². The van der Waals surface area contributed by atoms with Crippen LogP contribution in [0.1, 0.15) is 5.56 Å². The van der Waals surface area contributed by atoms with Crippen LogP contribution in [0.15, 0.2) is 24.3 Å². The molecular weight excluding hydrogens is 280 g/mol. The number of hydrogen-bond acceptors (Lipinski definition) is 0. The first-order valence-electron chi connectivity index (χ1n) is 3.09. The quantitative estimate of drug-likeness (QED) is 0.695. The van der Waals surface area contributed by atoms with E-state index in [0.29, 0.717) is 0 Å². The Morgan fingerprint density at radius 3 is 1.92 bits per heavy atom. The fourth-order valence-electron chi connectivity index (χ4n) is 0.728. The van der Waals surface area contributed by atoms with Crippen molar-refractivity contribution in [3.05, 3.63) is 33.4 Å². The Labute approximate surface area is 78.2 Å². The van der Waals surface area contributed by atoms with Gasteiger partial charge in [-0.15, -0.1) is 0 Å². The third kappa shape index (κ3) is 2.30. The summed E-state index contributed by atoms with van der Waals surface area (Å²) in [5.41, 5.74) is -0.594. The third-order valence-electron chi connectivity index (χ3n) is 1.33. The molecule has 0 saturated heterocycles. The van der Waals surface area contributed by atoms with Crippen LogP contribution in [0, 0.1) is 3.57 Å². The number of hydrogen-bond donors (Lipinski definition) is 0. The molecule has 0 amide bonds. The fourth-order valence-corrected chi connectivity index (χ4v) is 1.60. The molecular formula is C8H6F3I. The van der Waals surface area contributed by atoms with Gasteiger partial charge in [-0.3, -0.25) is 0 Å². The maximum atomic E-state index is 12.0. The van der Waals surface area contributed by atoms with Gasteiger partial charge in [0.2, 0.25) is 0 Å². The lowest BCUT2D eigenvalue weighted by Crippen LogP contribution is -2.03. The molecule has 0 heterocycles. The van der Waals surface area contributed by atoms with Gasteiger partial charge in [0.25, 0.3) is 0 Å². The lowest BCUT2D eigenvalue weighted by atomic mass is 10.2. The largest absolute Gasteiger partial charge is 0.416 e. The molecule has 0 nitrogen and oxygen atoms in total. The van der Waals surface area contributed by atoms with Crippen LogP contribution in [0.2, 0.25) is 0 Å². The van der Waals surface area contributed by atoms with E-state index in [-0.39, 0.29) is 20.7 Å². The summed E-state index contributed by atoms with van der Waals surface area (Å²) >= 11 is -0.357. The van der Waals surface area contributed by atoms with Gasteiger partial charge in [-0.1, -0.05) is 25.2 Å². The highest BCUT2D eigenvalue weighted by molar-refractivity contribution is 14.2. The molecule has 1 rings (SSSR count). The molecule has 1 aromatic carbocycles. The van der Waals surface area contributed by atoms with Gasteiger partial charge >= 0.3 is 6.18 Å². The Morgan fingerprint density at radius 2 is 1.58 bits per heavy atom. The minimum absolute atomic E-state index is 0.357. The van der Waals surface area contributed by atoms with Crippen molar-refractivity contribution in [2.45, 2.75) is 6.18 Å². The van der Waals surface area contributed by atoms with E-state index in [9.17, 15) is 13.2 Å². The van der Waals surface area contributed by atoms with Gasteiger partial charge in [-0.05, 0) is 24.3 Å². The first-order chi connectivity index (χ1) is 5.54. The zero-order chi connectivity index (χ0) is 9.19. The Hall–Kier alpha value is -0.390. The normalized spacial score (nSPS) is 11.6. The topological polar surface area (TPSA) is 0 Å². The van der Waals surface area contributed by atoms with Crippen molar-refractivity contribution in [1.29, 1.82) is 0 Å². The van der Waals surface area contributed by atoms with Crippen molar-refractivity contribution >= 4 is 25.2 Å². The summed E-state index contributed by atoms with van der Waals surface area (Å²) < 4.78 is 40.6. The molecule has 1 aromatic rings. The maximum absolute atomic E-state index is 12.0. The predicted octanol–water partition coefficient (Wildman–Crippen LogP) is 3.28. The highest BCUT2D eigenvalue weighted by Gasteiger charge is 2.29. The summed E-state index contributed by atoms with van der Waals surface area (Å²) in [6.45, 7) is 0. The van der Waals surface area contributed by atoms with Gasteiger partial charge in [0.05, 0.1) is 5.56 Å². The molecule has 0 bridgehead atoms. The van der Waals surface area contributed by atoms with E-state index in [1.165, 1.54) is 12.1 Å². The first-order valence-corrected chi connectivity index (χ1v) is 5.70. The number of rotatable bonds is 1. The standard InChI is InChI=1S/C8H6F3I/c1-12-7-4-2-6(3-5-7)8(9,10)11/h2-5H,1H2. The van der Waals surface area contributed by atoms with E-state index in [4.69, 9.17) is 0 Å². The van der Waals surface area contributed by atoms with Crippen LogP contribution < -0.4 is 0 Å². The second kappa shape index (κ2) is 3.55. The van der Waals surface area contributed by atoms with Crippen molar-refractivity contribution in [1.82, 2.24) is 0 Å². The molecule has 0 radical (unpaired) electrons. The summed E-state index contributed by atoms with van der Waals surface area (Å²) in [6, 6.07) is 5.17. The fraction of sp³-hybridized carbons (Fsp3) is 0.125. The van der Waals surface area contributed by atoms with Crippen LogP contribution in [0.5, 0.6) is 0 Å². The predicted molar refractivity (Wildman–Crippen MR) is 51.3 cm³/mol. The molecule has 0 aliphatic carbocycles. The lowest BCUT2D eigenvalue weighted by molar-refractivity contribution is -0.137. The summed E-state index contributed by atoms with van der Waals surface area (Å²) in [5.74, 6) is 0. The monoisotopic (exact) mass is 286 g/mol. The minimum atomic E-state index is -4.22. The van der Waals surface area contributed by atoms with Crippen LogP contribution in [0.25, 0.3) is 0 Å². The number of halogens is 4. The van der Waals surface area contributed by atoms with Gasteiger partial charge in [0, 0.05) is 3.57 Å². The second-order valence-electron chi connectivity index (χ2n) is 2.14. The van der Waals surface area contributed by atoms with E-state index >= 15 is 0 Å². The average Bonchev–Trinajstić information content (AvgIpc) is 2.03. The lowest BCUT2D eigenvalue weighted by Gasteiger charge is -2.05. The number of alkyl halides is 3. The molecule has 0 spiro atoms. The molecule has 0 N–H and O–H groups in total. The van der Waals surface area contributed by atoms with E-state index in [1.807, 2.05) is 0 Å². The van der Waals surface area contributed by atoms with Gasteiger partial charge in [-0.25, -0.2) is 0 Å². The molecule has 0 saturated carbocycles. The second-order valence-corrected chi connectivity index (χ2v) is 4.15. The Balaban J connectivity index is 3.00. The molecule has 0 aliphatic rings. The van der Waals surface area contributed by atoms with E-state index in [2.05, 4.69) is 4.51 Å².